The Kier molecular flexibility index (Phi) is 5.85. The van der Waals surface area contributed by atoms with E-state index in [1.54, 1.807) is 14.2 Å². The number of β-amino-alcohol motifs (C(OH)–C–C–N with tert-alkyl or cyclic N) is 1. The lowest BCUT2D eigenvalue weighted by Gasteiger charge is -2.35. The van der Waals surface area contributed by atoms with Crippen LogP contribution >= 0.6 is 0 Å². The smallest absolute Gasteiger partial charge is 0.122 e. The first kappa shape index (κ1) is 16.1. The van der Waals surface area contributed by atoms with Crippen LogP contribution in [0.15, 0.2) is 18.2 Å². The molecule has 0 spiro atoms. The SMILES string of the molecule is COc1cc(CN2CCN(C[C@H](C)O)CC2)cc(OC)c1. The third kappa shape index (κ3) is 4.88. The Morgan fingerprint density at radius 1 is 1.00 bits per heavy atom. The third-order valence-electron chi connectivity index (χ3n) is 3.80. The van der Waals surface area contributed by atoms with E-state index in [0.717, 1.165) is 50.8 Å². The average Bonchev–Trinajstić information content (AvgIpc) is 2.48. The highest BCUT2D eigenvalue weighted by atomic mass is 16.5. The van der Waals surface area contributed by atoms with E-state index in [1.807, 2.05) is 13.0 Å². The van der Waals surface area contributed by atoms with Crippen LogP contribution in [-0.2, 0) is 6.54 Å². The van der Waals surface area contributed by atoms with Crippen LogP contribution in [-0.4, -0.2) is 68.0 Å². The molecule has 0 aliphatic carbocycles. The van der Waals surface area contributed by atoms with Gasteiger partial charge in [-0.25, -0.2) is 0 Å². The lowest BCUT2D eigenvalue weighted by Crippen LogP contribution is -2.47. The van der Waals surface area contributed by atoms with Gasteiger partial charge in [-0.15, -0.1) is 0 Å². The van der Waals surface area contributed by atoms with Gasteiger partial charge in [-0.1, -0.05) is 0 Å². The van der Waals surface area contributed by atoms with E-state index in [1.165, 1.54) is 5.56 Å². The summed E-state index contributed by atoms with van der Waals surface area (Å²) in [4.78, 5) is 4.74. The predicted octanol–water partition coefficient (Wildman–Crippen LogP) is 1.20. The van der Waals surface area contributed by atoms with Crippen molar-refractivity contribution < 1.29 is 14.6 Å². The number of aliphatic hydroxyl groups excluding tert-OH is 1. The van der Waals surface area contributed by atoms with Crippen molar-refractivity contribution in [3.8, 4) is 11.5 Å². The molecule has 1 aromatic rings. The maximum Gasteiger partial charge on any atom is 0.122 e. The van der Waals surface area contributed by atoms with E-state index in [4.69, 9.17) is 9.47 Å². The molecule has 0 unspecified atom stereocenters. The maximum atomic E-state index is 9.44. The Balaban J connectivity index is 1.91. The van der Waals surface area contributed by atoms with Gasteiger partial charge in [0.15, 0.2) is 0 Å². The van der Waals surface area contributed by atoms with E-state index in [0.29, 0.717) is 0 Å². The van der Waals surface area contributed by atoms with Crippen LogP contribution in [0.25, 0.3) is 0 Å². The second kappa shape index (κ2) is 7.64. The van der Waals surface area contributed by atoms with Crippen molar-refractivity contribution in [1.29, 1.82) is 0 Å². The first-order valence-corrected chi connectivity index (χ1v) is 7.45. The molecule has 5 heteroatoms. The molecule has 2 rings (SSSR count). The van der Waals surface area contributed by atoms with Gasteiger partial charge in [-0.05, 0) is 24.6 Å². The minimum atomic E-state index is -0.251. The van der Waals surface area contributed by atoms with Gasteiger partial charge in [0.2, 0.25) is 0 Å². The first-order valence-electron chi connectivity index (χ1n) is 7.45. The Hall–Kier alpha value is -1.30. The number of nitrogens with zero attached hydrogens (tertiary/aromatic N) is 2. The van der Waals surface area contributed by atoms with Crippen molar-refractivity contribution in [1.82, 2.24) is 9.80 Å². The van der Waals surface area contributed by atoms with Gasteiger partial charge in [0.1, 0.15) is 11.5 Å². The molecule has 0 amide bonds. The van der Waals surface area contributed by atoms with Crippen molar-refractivity contribution in [3.05, 3.63) is 23.8 Å². The van der Waals surface area contributed by atoms with Crippen LogP contribution in [0.2, 0.25) is 0 Å². The van der Waals surface area contributed by atoms with Crippen LogP contribution in [0.4, 0.5) is 0 Å². The minimum absolute atomic E-state index is 0.251. The highest BCUT2D eigenvalue weighted by Crippen LogP contribution is 2.23. The quantitative estimate of drug-likeness (QED) is 0.854. The number of ether oxygens (including phenoxy) is 2. The normalized spacial score (nSPS) is 18.5. The molecule has 5 nitrogen and oxygen atoms in total. The van der Waals surface area contributed by atoms with Crippen molar-refractivity contribution in [2.45, 2.75) is 19.6 Å². The summed E-state index contributed by atoms with van der Waals surface area (Å²) >= 11 is 0. The largest absolute Gasteiger partial charge is 0.497 e. The number of hydrogen-bond acceptors (Lipinski definition) is 5. The van der Waals surface area contributed by atoms with E-state index < -0.39 is 0 Å². The number of aliphatic hydroxyl groups is 1. The lowest BCUT2D eigenvalue weighted by molar-refractivity contribution is 0.0780. The molecule has 1 aliphatic heterocycles. The topological polar surface area (TPSA) is 45.2 Å². The summed E-state index contributed by atoms with van der Waals surface area (Å²) in [5.41, 5.74) is 1.20. The van der Waals surface area contributed by atoms with Gasteiger partial charge in [0.05, 0.1) is 20.3 Å². The zero-order chi connectivity index (χ0) is 15.2. The Morgan fingerprint density at radius 2 is 1.52 bits per heavy atom. The van der Waals surface area contributed by atoms with E-state index in [-0.39, 0.29) is 6.10 Å². The standard InChI is InChI=1S/C16H26N2O3/c1-13(19)11-17-4-6-18(7-5-17)12-14-8-15(20-2)10-16(9-14)21-3/h8-10,13,19H,4-7,11-12H2,1-3H3/t13-/m0/s1. The van der Waals surface area contributed by atoms with Crippen molar-refractivity contribution in [2.75, 3.05) is 46.9 Å². The third-order valence-corrected chi connectivity index (χ3v) is 3.80. The van der Waals surface area contributed by atoms with E-state index in [2.05, 4.69) is 21.9 Å². The molecule has 1 aromatic carbocycles. The molecule has 1 saturated heterocycles. The Labute approximate surface area is 127 Å². The predicted molar refractivity (Wildman–Crippen MR) is 82.9 cm³/mol. The summed E-state index contributed by atoms with van der Waals surface area (Å²) in [6.07, 6.45) is -0.251. The molecule has 118 valence electrons. The zero-order valence-corrected chi connectivity index (χ0v) is 13.2. The molecule has 1 heterocycles. The molecule has 1 N–H and O–H groups in total. The van der Waals surface area contributed by atoms with Crippen LogP contribution in [0, 0.1) is 0 Å². The highest BCUT2D eigenvalue weighted by molar-refractivity contribution is 5.38. The Morgan fingerprint density at radius 3 is 2.00 bits per heavy atom. The average molecular weight is 294 g/mol. The van der Waals surface area contributed by atoms with Crippen LogP contribution in [0.1, 0.15) is 12.5 Å². The number of hydrogen-bond donors (Lipinski definition) is 1. The molecule has 0 radical (unpaired) electrons. The molecule has 21 heavy (non-hydrogen) atoms. The summed E-state index contributed by atoms with van der Waals surface area (Å²) in [6, 6.07) is 6.01. The molecule has 0 aromatic heterocycles. The van der Waals surface area contributed by atoms with Gasteiger partial charge >= 0.3 is 0 Å². The van der Waals surface area contributed by atoms with Crippen molar-refractivity contribution >= 4 is 0 Å². The van der Waals surface area contributed by atoms with Gasteiger partial charge in [-0.2, -0.15) is 0 Å². The summed E-state index contributed by atoms with van der Waals surface area (Å²) in [6.45, 7) is 7.56. The van der Waals surface area contributed by atoms with E-state index in [9.17, 15) is 5.11 Å². The van der Waals surface area contributed by atoms with Crippen LogP contribution in [0.5, 0.6) is 11.5 Å². The zero-order valence-electron chi connectivity index (χ0n) is 13.2. The summed E-state index contributed by atoms with van der Waals surface area (Å²) in [5, 5.41) is 9.44. The number of rotatable bonds is 6. The van der Waals surface area contributed by atoms with Gasteiger partial charge < -0.3 is 14.6 Å². The maximum absolute atomic E-state index is 9.44. The molecular weight excluding hydrogens is 268 g/mol. The summed E-state index contributed by atoms with van der Waals surface area (Å²) in [5.74, 6) is 1.66. The minimum Gasteiger partial charge on any atom is -0.497 e. The van der Waals surface area contributed by atoms with Gasteiger partial charge in [0, 0.05) is 45.3 Å². The van der Waals surface area contributed by atoms with Crippen molar-refractivity contribution in [3.63, 3.8) is 0 Å². The monoisotopic (exact) mass is 294 g/mol. The lowest BCUT2D eigenvalue weighted by atomic mass is 10.1. The summed E-state index contributed by atoms with van der Waals surface area (Å²) in [7, 11) is 3.35. The Bertz CT molecular complexity index is 421. The molecule has 1 atom stereocenters. The number of methoxy groups -OCH3 is 2. The molecule has 1 fully saturated rings. The fourth-order valence-corrected chi connectivity index (χ4v) is 2.72. The highest BCUT2D eigenvalue weighted by Gasteiger charge is 2.18. The summed E-state index contributed by atoms with van der Waals surface area (Å²) < 4.78 is 10.6. The van der Waals surface area contributed by atoms with Gasteiger partial charge in [0.25, 0.3) is 0 Å². The molecule has 1 aliphatic rings. The van der Waals surface area contributed by atoms with Crippen LogP contribution in [0.3, 0.4) is 0 Å². The fourth-order valence-electron chi connectivity index (χ4n) is 2.72. The van der Waals surface area contributed by atoms with Crippen molar-refractivity contribution in [2.24, 2.45) is 0 Å². The van der Waals surface area contributed by atoms with E-state index >= 15 is 0 Å². The number of benzene rings is 1. The fraction of sp³-hybridized carbons (Fsp3) is 0.625. The van der Waals surface area contributed by atoms with Gasteiger partial charge in [-0.3, -0.25) is 9.80 Å². The molecule has 0 bridgehead atoms. The number of piperazine rings is 1. The molecular formula is C16H26N2O3. The van der Waals surface area contributed by atoms with Crippen LogP contribution < -0.4 is 9.47 Å². The molecule has 0 saturated carbocycles. The first-order chi connectivity index (χ1) is 10.1. The second-order valence-corrected chi connectivity index (χ2v) is 5.65. The second-order valence-electron chi connectivity index (χ2n) is 5.65.